The molecule has 1 amide bonds. The smallest absolute Gasteiger partial charge is 0.331 e. The summed E-state index contributed by atoms with van der Waals surface area (Å²) in [6, 6.07) is -1.09. The molecule has 0 fully saturated rings. The summed E-state index contributed by atoms with van der Waals surface area (Å²) in [7, 11) is 1.68. The van der Waals surface area contributed by atoms with Crippen LogP contribution in [0.3, 0.4) is 0 Å². The molecule has 1 heterocycles. The van der Waals surface area contributed by atoms with Gasteiger partial charge in [0.1, 0.15) is 0 Å². The maximum atomic E-state index is 12.0. The summed E-state index contributed by atoms with van der Waals surface area (Å²) in [6.07, 6.45) is 4.45. The molecule has 19 heavy (non-hydrogen) atoms. The Kier molecular flexibility index (Phi) is 5.50. The highest BCUT2D eigenvalue weighted by molar-refractivity contribution is 5.85. The van der Waals surface area contributed by atoms with Crippen molar-refractivity contribution >= 4 is 11.9 Å². The maximum Gasteiger partial charge on any atom is 0.331 e. The Morgan fingerprint density at radius 2 is 2.26 bits per heavy atom. The molecule has 1 aromatic rings. The van der Waals surface area contributed by atoms with Gasteiger partial charge in [-0.2, -0.15) is 5.10 Å². The van der Waals surface area contributed by atoms with Gasteiger partial charge in [0.15, 0.2) is 6.04 Å². The number of carboxylic acid groups (broad SMARTS) is 1. The van der Waals surface area contributed by atoms with Crippen molar-refractivity contribution in [2.24, 2.45) is 18.7 Å². The highest BCUT2D eigenvalue weighted by Crippen LogP contribution is 2.14. The summed E-state index contributed by atoms with van der Waals surface area (Å²) in [5.41, 5.74) is 5.97. The Balaban J connectivity index is 2.79. The van der Waals surface area contributed by atoms with E-state index >= 15 is 0 Å². The van der Waals surface area contributed by atoms with Gasteiger partial charge in [0.2, 0.25) is 5.91 Å². The van der Waals surface area contributed by atoms with Gasteiger partial charge in [-0.05, 0) is 6.42 Å². The van der Waals surface area contributed by atoms with Crippen LogP contribution in [0.4, 0.5) is 0 Å². The molecule has 106 valence electrons. The van der Waals surface area contributed by atoms with Crippen LogP contribution in [0.1, 0.15) is 31.4 Å². The Hall–Kier alpha value is -1.89. The first-order valence-corrected chi connectivity index (χ1v) is 6.21. The van der Waals surface area contributed by atoms with E-state index in [9.17, 15) is 14.7 Å². The number of carboxylic acids is 1. The molecule has 7 heteroatoms. The molecule has 0 aliphatic rings. The van der Waals surface area contributed by atoms with Gasteiger partial charge in [0, 0.05) is 25.4 Å². The number of aliphatic carboxylic acids is 1. The predicted molar refractivity (Wildman–Crippen MR) is 69.2 cm³/mol. The standard InChI is InChI=1S/C12H20N4O3/c1-3-4-8(5-13)11(17)15-10(12(18)19)9-6-14-16(2)7-9/h6-8,10H,3-5,13H2,1-2H3,(H,15,17)(H,18,19). The van der Waals surface area contributed by atoms with Gasteiger partial charge in [-0.3, -0.25) is 9.48 Å². The van der Waals surface area contributed by atoms with E-state index in [4.69, 9.17) is 5.73 Å². The van der Waals surface area contributed by atoms with E-state index in [-0.39, 0.29) is 18.4 Å². The van der Waals surface area contributed by atoms with E-state index < -0.39 is 12.0 Å². The lowest BCUT2D eigenvalue weighted by Crippen LogP contribution is -2.40. The number of rotatable bonds is 7. The van der Waals surface area contributed by atoms with Crippen LogP contribution in [0.15, 0.2) is 12.4 Å². The SMILES string of the molecule is CCCC(CN)C(=O)NC(C(=O)O)c1cnn(C)c1. The van der Waals surface area contributed by atoms with Gasteiger partial charge < -0.3 is 16.2 Å². The first kappa shape index (κ1) is 15.2. The maximum absolute atomic E-state index is 12.0. The fourth-order valence-electron chi connectivity index (χ4n) is 1.84. The molecule has 1 rings (SSSR count). The van der Waals surface area contributed by atoms with E-state index in [0.717, 1.165) is 6.42 Å². The van der Waals surface area contributed by atoms with Crippen molar-refractivity contribution in [2.45, 2.75) is 25.8 Å². The molecule has 0 aliphatic carbocycles. The summed E-state index contributed by atoms with van der Waals surface area (Å²) in [5, 5.41) is 15.6. The molecule has 0 saturated carbocycles. The lowest BCUT2D eigenvalue weighted by molar-refractivity contribution is -0.142. The lowest BCUT2D eigenvalue weighted by Gasteiger charge is -2.18. The molecule has 0 saturated heterocycles. The molecule has 0 aromatic carbocycles. The molecule has 7 nitrogen and oxygen atoms in total. The first-order valence-electron chi connectivity index (χ1n) is 6.21. The Morgan fingerprint density at radius 1 is 1.58 bits per heavy atom. The molecule has 1 aromatic heterocycles. The number of aryl methyl sites for hydroxylation is 1. The van der Waals surface area contributed by atoms with Crippen molar-refractivity contribution in [1.29, 1.82) is 0 Å². The van der Waals surface area contributed by atoms with Crippen LogP contribution in [0.25, 0.3) is 0 Å². The molecular weight excluding hydrogens is 248 g/mol. The fraction of sp³-hybridized carbons (Fsp3) is 0.583. The average Bonchev–Trinajstić information content (AvgIpc) is 2.78. The molecule has 0 bridgehead atoms. The van der Waals surface area contributed by atoms with Gasteiger partial charge in [-0.25, -0.2) is 4.79 Å². The monoisotopic (exact) mass is 268 g/mol. The van der Waals surface area contributed by atoms with Crippen LogP contribution in [-0.2, 0) is 16.6 Å². The first-order chi connectivity index (χ1) is 8.99. The van der Waals surface area contributed by atoms with E-state index in [2.05, 4.69) is 10.4 Å². The van der Waals surface area contributed by atoms with Crippen molar-refractivity contribution in [3.63, 3.8) is 0 Å². The number of nitrogens with zero attached hydrogens (tertiary/aromatic N) is 2. The quantitative estimate of drug-likeness (QED) is 0.646. The van der Waals surface area contributed by atoms with Crippen molar-refractivity contribution in [2.75, 3.05) is 6.54 Å². The third-order valence-corrected chi connectivity index (χ3v) is 2.88. The summed E-state index contributed by atoms with van der Waals surface area (Å²) in [6.45, 7) is 2.16. The zero-order valence-electron chi connectivity index (χ0n) is 11.2. The van der Waals surface area contributed by atoms with Gasteiger partial charge >= 0.3 is 5.97 Å². The number of carbonyl (C=O) groups is 2. The topological polar surface area (TPSA) is 110 Å². The molecule has 2 unspecified atom stereocenters. The Bertz CT molecular complexity index is 444. The van der Waals surface area contributed by atoms with E-state index in [0.29, 0.717) is 12.0 Å². The molecule has 0 radical (unpaired) electrons. The fourth-order valence-corrected chi connectivity index (χ4v) is 1.84. The second-order valence-corrected chi connectivity index (χ2v) is 4.45. The van der Waals surface area contributed by atoms with E-state index in [1.165, 1.54) is 10.9 Å². The number of nitrogens with two attached hydrogens (primary N) is 1. The number of carbonyl (C=O) groups excluding carboxylic acids is 1. The highest BCUT2D eigenvalue weighted by atomic mass is 16.4. The van der Waals surface area contributed by atoms with Gasteiger partial charge in [0.05, 0.1) is 12.1 Å². The van der Waals surface area contributed by atoms with Gasteiger partial charge in [0.25, 0.3) is 0 Å². The second kappa shape index (κ2) is 6.89. The molecule has 4 N–H and O–H groups in total. The number of aromatic nitrogens is 2. The van der Waals surface area contributed by atoms with Crippen LogP contribution in [0, 0.1) is 5.92 Å². The van der Waals surface area contributed by atoms with Crippen LogP contribution in [0.5, 0.6) is 0 Å². The number of amides is 1. The molecule has 0 spiro atoms. The minimum absolute atomic E-state index is 0.207. The van der Waals surface area contributed by atoms with E-state index in [1.54, 1.807) is 13.2 Å². The molecule has 0 aliphatic heterocycles. The van der Waals surface area contributed by atoms with Crippen LogP contribution in [-0.4, -0.2) is 33.3 Å². The summed E-state index contributed by atoms with van der Waals surface area (Å²) in [4.78, 5) is 23.2. The summed E-state index contributed by atoms with van der Waals surface area (Å²) in [5.74, 6) is -1.81. The van der Waals surface area contributed by atoms with Crippen LogP contribution < -0.4 is 11.1 Å². The molecule has 2 atom stereocenters. The van der Waals surface area contributed by atoms with Crippen LogP contribution >= 0.6 is 0 Å². The van der Waals surface area contributed by atoms with Crippen molar-refractivity contribution in [3.05, 3.63) is 18.0 Å². The van der Waals surface area contributed by atoms with Crippen molar-refractivity contribution in [3.8, 4) is 0 Å². The normalized spacial score (nSPS) is 13.8. The highest BCUT2D eigenvalue weighted by Gasteiger charge is 2.26. The zero-order chi connectivity index (χ0) is 14.4. The van der Waals surface area contributed by atoms with E-state index in [1.807, 2.05) is 6.92 Å². The Labute approximate surface area is 111 Å². The lowest BCUT2D eigenvalue weighted by atomic mass is 10.0. The van der Waals surface area contributed by atoms with Gasteiger partial charge in [-0.15, -0.1) is 0 Å². The minimum atomic E-state index is -1.12. The third kappa shape index (κ3) is 4.06. The zero-order valence-corrected chi connectivity index (χ0v) is 11.2. The summed E-state index contributed by atoms with van der Waals surface area (Å²) >= 11 is 0. The largest absolute Gasteiger partial charge is 0.479 e. The average molecular weight is 268 g/mol. The number of hydrogen-bond acceptors (Lipinski definition) is 4. The van der Waals surface area contributed by atoms with Crippen LogP contribution in [0.2, 0.25) is 0 Å². The minimum Gasteiger partial charge on any atom is -0.479 e. The number of nitrogens with one attached hydrogen (secondary N) is 1. The Morgan fingerprint density at radius 3 is 2.68 bits per heavy atom. The third-order valence-electron chi connectivity index (χ3n) is 2.88. The van der Waals surface area contributed by atoms with Gasteiger partial charge in [-0.1, -0.05) is 13.3 Å². The van der Waals surface area contributed by atoms with Crippen molar-refractivity contribution in [1.82, 2.24) is 15.1 Å². The summed E-state index contributed by atoms with van der Waals surface area (Å²) < 4.78 is 1.49. The molecular formula is C12H20N4O3. The number of hydrogen-bond donors (Lipinski definition) is 3. The van der Waals surface area contributed by atoms with Crippen molar-refractivity contribution < 1.29 is 14.7 Å². The predicted octanol–water partition coefficient (Wildman–Crippen LogP) is 0.0370. The second-order valence-electron chi connectivity index (χ2n) is 4.45.